The van der Waals surface area contributed by atoms with Crippen molar-refractivity contribution in [3.63, 3.8) is 0 Å². The van der Waals surface area contributed by atoms with Crippen LogP contribution in [0.15, 0.2) is 0 Å². The molecular weight excluding hydrogens is 248 g/mol. The maximum absolute atomic E-state index is 12.5. The van der Waals surface area contributed by atoms with Crippen molar-refractivity contribution in [2.45, 2.75) is 46.1 Å². The number of rotatable bonds is 9. The maximum Gasteiger partial charge on any atom is 0.232 e. The van der Waals surface area contributed by atoms with Gasteiger partial charge in [-0.2, -0.15) is 0 Å². The summed E-state index contributed by atoms with van der Waals surface area (Å²) in [6.45, 7) is 7.24. The number of carbonyl (C=O) groups excluding carboxylic acids is 1. The van der Waals surface area contributed by atoms with Crippen LogP contribution in [0, 0.1) is 5.92 Å². The smallest absolute Gasteiger partial charge is 0.232 e. The Bertz CT molecular complexity index is 268. The summed E-state index contributed by atoms with van der Waals surface area (Å²) in [5, 5.41) is 0. The number of thiocarbonyl (C=S) groups is 1. The number of ether oxygens (including phenoxy) is 1. The molecule has 2 N–H and O–H groups in total. The fourth-order valence-corrected chi connectivity index (χ4v) is 2.36. The molecule has 1 atom stereocenters. The van der Waals surface area contributed by atoms with E-state index in [1.165, 1.54) is 0 Å². The van der Waals surface area contributed by atoms with Crippen molar-refractivity contribution in [1.82, 2.24) is 4.90 Å². The number of methoxy groups -OCH3 is 1. The van der Waals surface area contributed by atoms with Gasteiger partial charge in [0.2, 0.25) is 5.91 Å². The number of carbonyl (C=O) groups is 1. The second-order valence-electron chi connectivity index (χ2n) is 4.36. The van der Waals surface area contributed by atoms with Crippen LogP contribution in [0.3, 0.4) is 0 Å². The van der Waals surface area contributed by atoms with E-state index in [-0.39, 0.29) is 22.9 Å². The molecule has 1 amide bonds. The van der Waals surface area contributed by atoms with Gasteiger partial charge < -0.3 is 15.4 Å². The zero-order valence-corrected chi connectivity index (χ0v) is 12.8. The second-order valence-corrected chi connectivity index (χ2v) is 4.83. The topological polar surface area (TPSA) is 55.6 Å². The molecule has 0 spiro atoms. The van der Waals surface area contributed by atoms with Gasteiger partial charge in [0.05, 0.1) is 17.5 Å². The Kier molecular flexibility index (Phi) is 8.93. The molecule has 0 bridgehead atoms. The van der Waals surface area contributed by atoms with Crippen molar-refractivity contribution >= 4 is 23.1 Å². The standard InChI is InChI=1S/C13H26N2O2S/c1-5-10(6-2)15(8-9-17-4)13(16)11(7-3)12(14)18/h10-11H,5-9H2,1-4H3,(H2,14,18). The minimum atomic E-state index is -0.350. The van der Waals surface area contributed by atoms with E-state index in [1.54, 1.807) is 7.11 Å². The third-order valence-corrected chi connectivity index (χ3v) is 3.54. The number of amides is 1. The molecule has 106 valence electrons. The van der Waals surface area contributed by atoms with Gasteiger partial charge in [-0.25, -0.2) is 0 Å². The zero-order chi connectivity index (χ0) is 14.1. The lowest BCUT2D eigenvalue weighted by Gasteiger charge is -2.33. The molecule has 0 saturated heterocycles. The third kappa shape index (κ3) is 4.90. The molecule has 0 fully saturated rings. The lowest BCUT2D eigenvalue weighted by Crippen LogP contribution is -2.47. The fraction of sp³-hybridized carbons (Fsp3) is 0.846. The molecule has 5 heteroatoms. The van der Waals surface area contributed by atoms with Gasteiger partial charge in [0.15, 0.2) is 0 Å². The molecule has 0 radical (unpaired) electrons. The third-order valence-electron chi connectivity index (χ3n) is 3.25. The van der Waals surface area contributed by atoms with Crippen molar-refractivity contribution in [2.24, 2.45) is 11.7 Å². The monoisotopic (exact) mass is 274 g/mol. The van der Waals surface area contributed by atoms with Crippen molar-refractivity contribution in [1.29, 1.82) is 0 Å². The van der Waals surface area contributed by atoms with Crippen LogP contribution < -0.4 is 5.73 Å². The van der Waals surface area contributed by atoms with E-state index in [9.17, 15) is 4.79 Å². The second kappa shape index (κ2) is 9.28. The van der Waals surface area contributed by atoms with Crippen molar-refractivity contribution < 1.29 is 9.53 Å². The minimum Gasteiger partial charge on any atom is -0.393 e. The van der Waals surface area contributed by atoms with Gasteiger partial charge in [-0.3, -0.25) is 4.79 Å². The van der Waals surface area contributed by atoms with Crippen LogP contribution in [0.5, 0.6) is 0 Å². The highest BCUT2D eigenvalue weighted by atomic mass is 32.1. The average molecular weight is 274 g/mol. The first-order valence-corrected chi connectivity index (χ1v) is 7.02. The Morgan fingerprint density at radius 3 is 2.17 bits per heavy atom. The van der Waals surface area contributed by atoms with E-state index >= 15 is 0 Å². The van der Waals surface area contributed by atoms with Crippen LogP contribution >= 0.6 is 12.2 Å². The van der Waals surface area contributed by atoms with Crippen LogP contribution in [0.2, 0.25) is 0 Å². The summed E-state index contributed by atoms with van der Waals surface area (Å²) in [5.74, 6) is -0.312. The van der Waals surface area contributed by atoms with E-state index in [4.69, 9.17) is 22.7 Å². The first kappa shape index (κ1) is 17.3. The number of nitrogens with two attached hydrogens (primary N) is 1. The van der Waals surface area contributed by atoms with Crippen LogP contribution in [-0.4, -0.2) is 42.1 Å². The molecule has 0 aromatic rings. The summed E-state index contributed by atoms with van der Waals surface area (Å²) < 4.78 is 5.08. The zero-order valence-electron chi connectivity index (χ0n) is 11.9. The average Bonchev–Trinajstić information content (AvgIpc) is 2.34. The Morgan fingerprint density at radius 2 is 1.83 bits per heavy atom. The van der Waals surface area contributed by atoms with E-state index < -0.39 is 0 Å². The number of hydrogen-bond acceptors (Lipinski definition) is 3. The number of hydrogen-bond donors (Lipinski definition) is 1. The minimum absolute atomic E-state index is 0.0377. The Hall–Kier alpha value is -0.680. The SMILES string of the molecule is CCC(C(=O)N(CCOC)C(CC)CC)C(N)=S. The lowest BCUT2D eigenvalue weighted by molar-refractivity contribution is -0.136. The molecule has 0 heterocycles. The lowest BCUT2D eigenvalue weighted by atomic mass is 10.0. The maximum atomic E-state index is 12.5. The first-order chi connectivity index (χ1) is 8.53. The van der Waals surface area contributed by atoms with Crippen LogP contribution in [-0.2, 0) is 9.53 Å². The van der Waals surface area contributed by atoms with Crippen LogP contribution in [0.1, 0.15) is 40.0 Å². The van der Waals surface area contributed by atoms with Gasteiger partial charge in [-0.1, -0.05) is 33.0 Å². The molecule has 1 unspecified atom stereocenters. The highest BCUT2D eigenvalue weighted by Crippen LogP contribution is 2.15. The van der Waals surface area contributed by atoms with Crippen LogP contribution in [0.4, 0.5) is 0 Å². The molecular formula is C13H26N2O2S. The summed E-state index contributed by atoms with van der Waals surface area (Å²) in [7, 11) is 1.64. The molecule has 4 nitrogen and oxygen atoms in total. The van der Waals surface area contributed by atoms with Gasteiger partial charge in [-0.05, 0) is 19.3 Å². The molecule has 0 rings (SSSR count). The largest absolute Gasteiger partial charge is 0.393 e. The van der Waals surface area contributed by atoms with Gasteiger partial charge in [0.25, 0.3) is 0 Å². The van der Waals surface area contributed by atoms with E-state index in [0.717, 1.165) is 12.8 Å². The normalized spacial score (nSPS) is 12.5. The number of nitrogens with zero attached hydrogens (tertiary/aromatic N) is 1. The van der Waals surface area contributed by atoms with Crippen molar-refractivity contribution in [2.75, 3.05) is 20.3 Å². The molecule has 0 saturated carbocycles. The quantitative estimate of drug-likeness (QED) is 0.653. The van der Waals surface area contributed by atoms with Crippen LogP contribution in [0.25, 0.3) is 0 Å². The molecule has 0 aliphatic rings. The van der Waals surface area contributed by atoms with Gasteiger partial charge in [0, 0.05) is 19.7 Å². The van der Waals surface area contributed by atoms with Crippen molar-refractivity contribution in [3.05, 3.63) is 0 Å². The van der Waals surface area contributed by atoms with Gasteiger partial charge in [-0.15, -0.1) is 0 Å². The molecule has 0 aliphatic carbocycles. The van der Waals surface area contributed by atoms with Gasteiger partial charge >= 0.3 is 0 Å². The summed E-state index contributed by atoms with van der Waals surface area (Å²) in [6.07, 6.45) is 2.51. The molecule has 0 aliphatic heterocycles. The van der Waals surface area contributed by atoms with E-state index in [0.29, 0.717) is 19.6 Å². The highest BCUT2D eigenvalue weighted by Gasteiger charge is 2.28. The Morgan fingerprint density at radius 1 is 1.28 bits per heavy atom. The highest BCUT2D eigenvalue weighted by molar-refractivity contribution is 7.80. The Balaban J connectivity index is 4.92. The molecule has 0 aromatic carbocycles. The Labute approximate surface area is 116 Å². The summed E-state index contributed by atoms with van der Waals surface area (Å²) in [5.41, 5.74) is 5.65. The van der Waals surface area contributed by atoms with Gasteiger partial charge in [0.1, 0.15) is 0 Å². The summed E-state index contributed by atoms with van der Waals surface area (Å²) >= 11 is 4.98. The molecule has 18 heavy (non-hydrogen) atoms. The van der Waals surface area contributed by atoms with E-state index in [1.807, 2.05) is 11.8 Å². The molecule has 0 aromatic heterocycles. The first-order valence-electron chi connectivity index (χ1n) is 6.62. The predicted molar refractivity (Wildman–Crippen MR) is 78.5 cm³/mol. The fourth-order valence-electron chi connectivity index (χ4n) is 2.09. The van der Waals surface area contributed by atoms with Crippen molar-refractivity contribution in [3.8, 4) is 0 Å². The predicted octanol–water partition coefficient (Wildman–Crippen LogP) is 1.96. The summed E-state index contributed by atoms with van der Waals surface area (Å²) in [4.78, 5) is 14.6. The summed E-state index contributed by atoms with van der Waals surface area (Å²) in [6, 6.07) is 0.232. The van der Waals surface area contributed by atoms with E-state index in [2.05, 4.69) is 13.8 Å².